The molecular formula is C24H22Cl2O3. The fourth-order valence-electron chi connectivity index (χ4n) is 2.88. The maximum atomic E-state index is 9.49. The summed E-state index contributed by atoms with van der Waals surface area (Å²) >= 11 is 13.1. The first-order valence-electron chi connectivity index (χ1n) is 9.12. The number of phenolic OH excluding ortho intramolecular Hbond substituents is 1. The molecule has 0 aliphatic heterocycles. The molecule has 0 saturated carbocycles. The van der Waals surface area contributed by atoms with E-state index in [0.29, 0.717) is 28.2 Å². The first-order valence-corrected chi connectivity index (χ1v) is 9.87. The number of benzene rings is 3. The molecule has 0 spiro atoms. The van der Waals surface area contributed by atoms with Crippen LogP contribution < -0.4 is 9.47 Å². The molecule has 3 aromatic rings. The van der Waals surface area contributed by atoms with Crippen molar-refractivity contribution < 1.29 is 14.6 Å². The zero-order valence-electron chi connectivity index (χ0n) is 16.5. The molecule has 0 unspecified atom stereocenters. The van der Waals surface area contributed by atoms with Gasteiger partial charge in [-0.05, 0) is 67.4 Å². The van der Waals surface area contributed by atoms with Crippen molar-refractivity contribution in [3.8, 4) is 39.5 Å². The number of aromatic hydroxyl groups is 1. The van der Waals surface area contributed by atoms with Crippen molar-refractivity contribution in [1.29, 1.82) is 0 Å². The van der Waals surface area contributed by atoms with Gasteiger partial charge in [-0.25, -0.2) is 0 Å². The van der Waals surface area contributed by atoms with Gasteiger partial charge >= 0.3 is 0 Å². The Kier molecular flexibility index (Phi) is 6.73. The fraction of sp³-hybridized carbons (Fsp3) is 0.167. The maximum absolute atomic E-state index is 9.49. The van der Waals surface area contributed by atoms with E-state index in [9.17, 15) is 5.11 Å². The highest BCUT2D eigenvalue weighted by Crippen LogP contribution is 2.40. The van der Waals surface area contributed by atoms with E-state index in [-0.39, 0.29) is 5.75 Å². The van der Waals surface area contributed by atoms with Gasteiger partial charge in [0, 0.05) is 21.2 Å². The Balaban J connectivity index is 1.95. The lowest BCUT2D eigenvalue weighted by atomic mass is 9.99. The smallest absolute Gasteiger partial charge is 0.161 e. The van der Waals surface area contributed by atoms with Crippen LogP contribution in [0.4, 0.5) is 0 Å². The molecule has 1 N–H and O–H groups in total. The van der Waals surface area contributed by atoms with E-state index >= 15 is 0 Å². The Hall–Kier alpha value is -2.62. The Morgan fingerprint density at radius 2 is 1.45 bits per heavy atom. The van der Waals surface area contributed by atoms with Gasteiger partial charge in [0.05, 0.1) is 7.11 Å². The highest BCUT2D eigenvalue weighted by molar-refractivity contribution is 6.37. The van der Waals surface area contributed by atoms with Crippen molar-refractivity contribution in [3.05, 3.63) is 76.3 Å². The first-order chi connectivity index (χ1) is 13.9. The average Bonchev–Trinajstić information content (AvgIpc) is 2.70. The SMILES string of the molecule is COc1cc(-c2cc(Cl)c(-c3ccc(O)cc3)cc2Cl)ccc1OCC=C(C)C. The molecule has 0 aliphatic carbocycles. The minimum atomic E-state index is 0.201. The number of halogens is 2. The van der Waals surface area contributed by atoms with Crippen LogP contribution in [0.5, 0.6) is 17.2 Å². The minimum absolute atomic E-state index is 0.201. The van der Waals surface area contributed by atoms with Crippen LogP contribution in [0.3, 0.4) is 0 Å². The first kappa shape index (κ1) is 21.1. The lowest BCUT2D eigenvalue weighted by Gasteiger charge is -2.14. The van der Waals surface area contributed by atoms with Crippen molar-refractivity contribution in [2.24, 2.45) is 0 Å². The molecule has 0 fully saturated rings. The number of rotatable bonds is 6. The lowest BCUT2D eigenvalue weighted by Crippen LogP contribution is -1.97. The normalized spacial score (nSPS) is 10.5. The highest BCUT2D eigenvalue weighted by Gasteiger charge is 2.13. The van der Waals surface area contributed by atoms with Gasteiger partial charge in [0.15, 0.2) is 11.5 Å². The van der Waals surface area contributed by atoms with Crippen molar-refractivity contribution in [2.45, 2.75) is 13.8 Å². The summed E-state index contributed by atoms with van der Waals surface area (Å²) in [5.41, 5.74) is 4.54. The van der Waals surface area contributed by atoms with Gasteiger partial charge in [0.2, 0.25) is 0 Å². The largest absolute Gasteiger partial charge is 0.508 e. The molecule has 150 valence electrons. The topological polar surface area (TPSA) is 38.7 Å². The van der Waals surface area contributed by atoms with E-state index in [4.69, 9.17) is 32.7 Å². The maximum Gasteiger partial charge on any atom is 0.161 e. The number of allylic oxidation sites excluding steroid dienone is 1. The summed E-state index contributed by atoms with van der Waals surface area (Å²) in [6.07, 6.45) is 2.01. The van der Waals surface area contributed by atoms with Crippen LogP contribution >= 0.6 is 23.2 Å². The molecule has 0 aromatic heterocycles. The Labute approximate surface area is 181 Å². The van der Waals surface area contributed by atoms with Crippen LogP contribution in [0.2, 0.25) is 10.0 Å². The third-order valence-electron chi connectivity index (χ3n) is 4.44. The summed E-state index contributed by atoms with van der Waals surface area (Å²) in [5, 5.41) is 10.6. The van der Waals surface area contributed by atoms with Crippen LogP contribution in [-0.2, 0) is 0 Å². The number of phenols is 1. The van der Waals surface area contributed by atoms with E-state index in [0.717, 1.165) is 22.3 Å². The molecule has 0 bridgehead atoms. The molecule has 5 heteroatoms. The predicted molar refractivity (Wildman–Crippen MR) is 120 cm³/mol. The predicted octanol–water partition coefficient (Wildman–Crippen LogP) is 7.39. The monoisotopic (exact) mass is 428 g/mol. The molecule has 0 aliphatic rings. The van der Waals surface area contributed by atoms with Crippen LogP contribution in [0.25, 0.3) is 22.3 Å². The van der Waals surface area contributed by atoms with Gasteiger partial charge < -0.3 is 14.6 Å². The Bertz CT molecular complexity index is 1040. The quantitative estimate of drug-likeness (QED) is 0.415. The van der Waals surface area contributed by atoms with Crippen LogP contribution in [-0.4, -0.2) is 18.8 Å². The van der Waals surface area contributed by atoms with Gasteiger partial charge in [0.1, 0.15) is 12.4 Å². The van der Waals surface area contributed by atoms with Crippen LogP contribution in [0.1, 0.15) is 13.8 Å². The molecule has 0 amide bonds. The minimum Gasteiger partial charge on any atom is -0.508 e. The summed E-state index contributed by atoms with van der Waals surface area (Å²) in [4.78, 5) is 0. The van der Waals surface area contributed by atoms with E-state index in [2.05, 4.69) is 0 Å². The Morgan fingerprint density at radius 1 is 0.862 bits per heavy atom. The molecule has 0 saturated heterocycles. The molecule has 0 heterocycles. The zero-order chi connectivity index (χ0) is 21.0. The van der Waals surface area contributed by atoms with Gasteiger partial charge in [-0.15, -0.1) is 0 Å². The standard InChI is InChI=1S/C24H22Cl2O3/c1-15(2)10-11-29-23-9-6-17(12-24(23)28-3)20-14-21(25)19(13-22(20)26)16-4-7-18(27)8-5-16/h4-10,12-14,27H,11H2,1-3H3. The molecule has 3 aromatic carbocycles. The van der Waals surface area contributed by atoms with E-state index in [1.807, 2.05) is 50.3 Å². The van der Waals surface area contributed by atoms with E-state index < -0.39 is 0 Å². The Morgan fingerprint density at radius 3 is 2.03 bits per heavy atom. The van der Waals surface area contributed by atoms with Crippen molar-refractivity contribution in [3.63, 3.8) is 0 Å². The third kappa shape index (κ3) is 5.06. The summed E-state index contributed by atoms with van der Waals surface area (Å²) < 4.78 is 11.3. The van der Waals surface area contributed by atoms with Gasteiger partial charge in [0.25, 0.3) is 0 Å². The molecule has 29 heavy (non-hydrogen) atoms. The molecule has 0 radical (unpaired) electrons. The summed E-state index contributed by atoms with van der Waals surface area (Å²) in [7, 11) is 1.61. The summed E-state index contributed by atoms with van der Waals surface area (Å²) in [6, 6.07) is 16.2. The molecule has 0 atom stereocenters. The van der Waals surface area contributed by atoms with Crippen molar-refractivity contribution in [2.75, 3.05) is 13.7 Å². The van der Waals surface area contributed by atoms with Crippen LogP contribution in [0, 0.1) is 0 Å². The second-order valence-electron chi connectivity index (χ2n) is 6.82. The second-order valence-corrected chi connectivity index (χ2v) is 7.63. The van der Waals surface area contributed by atoms with Crippen LogP contribution in [0.15, 0.2) is 66.2 Å². The second kappa shape index (κ2) is 9.25. The fourth-order valence-corrected chi connectivity index (χ4v) is 3.43. The van der Waals surface area contributed by atoms with Gasteiger partial charge in [-0.3, -0.25) is 0 Å². The number of ether oxygens (including phenoxy) is 2. The van der Waals surface area contributed by atoms with E-state index in [1.54, 1.807) is 31.4 Å². The number of methoxy groups -OCH3 is 1. The summed E-state index contributed by atoms with van der Waals surface area (Å²) in [6.45, 7) is 4.53. The highest BCUT2D eigenvalue weighted by atomic mass is 35.5. The summed E-state index contributed by atoms with van der Waals surface area (Å²) in [5.74, 6) is 1.49. The van der Waals surface area contributed by atoms with Crippen molar-refractivity contribution in [1.82, 2.24) is 0 Å². The average molecular weight is 429 g/mol. The number of hydrogen-bond acceptors (Lipinski definition) is 3. The van der Waals surface area contributed by atoms with Gasteiger partial charge in [-0.1, -0.05) is 47.0 Å². The van der Waals surface area contributed by atoms with Crippen molar-refractivity contribution >= 4 is 23.2 Å². The molecular weight excluding hydrogens is 407 g/mol. The zero-order valence-corrected chi connectivity index (χ0v) is 18.0. The van der Waals surface area contributed by atoms with Gasteiger partial charge in [-0.2, -0.15) is 0 Å². The third-order valence-corrected chi connectivity index (χ3v) is 5.07. The molecule has 3 rings (SSSR count). The van der Waals surface area contributed by atoms with E-state index in [1.165, 1.54) is 5.57 Å². The lowest BCUT2D eigenvalue weighted by molar-refractivity contribution is 0.326. The number of hydrogen-bond donors (Lipinski definition) is 1. The molecule has 3 nitrogen and oxygen atoms in total.